The van der Waals surface area contributed by atoms with E-state index in [4.69, 9.17) is 0 Å². The van der Waals surface area contributed by atoms with Crippen LogP contribution in [0.4, 0.5) is 13.2 Å². The summed E-state index contributed by atoms with van der Waals surface area (Å²) in [4.78, 5) is 0. The molecule has 0 rings (SSSR count). The lowest BCUT2D eigenvalue weighted by Gasteiger charge is -2.15. The third-order valence-electron chi connectivity index (χ3n) is 1.22. The van der Waals surface area contributed by atoms with Crippen molar-refractivity contribution in [3.8, 4) is 0 Å². The third kappa shape index (κ3) is 2.70. The monoisotopic (exact) mass is 141 g/mol. The Labute approximate surface area is 51.5 Å². The van der Waals surface area contributed by atoms with Crippen molar-refractivity contribution >= 4 is 0 Å². The molecule has 0 fully saturated rings. The number of halogens is 3. The fourth-order valence-corrected chi connectivity index (χ4v) is 0.266. The lowest BCUT2D eigenvalue weighted by atomic mass is 10.1. The number of rotatable bonds is 1. The standard InChI is InChI=1S/C5H8F3O/c1-3(4(2)9)5(6,7)8/h3-4H,1-2H3. The predicted octanol–water partition coefficient (Wildman–Crippen LogP) is 2.00. The van der Waals surface area contributed by atoms with Gasteiger partial charge in [-0.15, -0.1) is 0 Å². The van der Waals surface area contributed by atoms with E-state index in [0.717, 1.165) is 13.8 Å². The highest BCUT2D eigenvalue weighted by Crippen LogP contribution is 2.27. The minimum atomic E-state index is -4.33. The van der Waals surface area contributed by atoms with E-state index >= 15 is 0 Å². The molecule has 0 aromatic rings. The molecule has 0 saturated heterocycles. The normalized spacial score (nSPS) is 19.3. The fraction of sp³-hybridized carbons (Fsp3) is 1.00. The summed E-state index contributed by atoms with van der Waals surface area (Å²) < 4.78 is 34.5. The summed E-state index contributed by atoms with van der Waals surface area (Å²) in [5, 5.41) is 10.2. The van der Waals surface area contributed by atoms with Gasteiger partial charge in [0.25, 0.3) is 0 Å². The summed E-state index contributed by atoms with van der Waals surface area (Å²) in [5.41, 5.74) is 0. The second-order valence-corrected chi connectivity index (χ2v) is 2.04. The SMILES string of the molecule is CC([O])C(C)C(F)(F)F. The van der Waals surface area contributed by atoms with Gasteiger partial charge in [-0.1, -0.05) is 6.92 Å². The Kier molecular flexibility index (Phi) is 2.49. The summed E-state index contributed by atoms with van der Waals surface area (Å²) in [6.07, 6.45) is -5.90. The van der Waals surface area contributed by atoms with Gasteiger partial charge in [0.15, 0.2) is 0 Å². The Morgan fingerprint density at radius 3 is 1.56 bits per heavy atom. The van der Waals surface area contributed by atoms with Gasteiger partial charge in [-0.2, -0.15) is 13.2 Å². The molecule has 0 spiro atoms. The molecule has 0 amide bonds. The third-order valence-corrected chi connectivity index (χ3v) is 1.22. The molecular weight excluding hydrogens is 133 g/mol. The minimum Gasteiger partial charge on any atom is -0.233 e. The maximum Gasteiger partial charge on any atom is 0.394 e. The van der Waals surface area contributed by atoms with Crippen molar-refractivity contribution in [1.29, 1.82) is 0 Å². The molecule has 2 unspecified atom stereocenters. The molecule has 0 saturated carbocycles. The summed E-state index contributed by atoms with van der Waals surface area (Å²) in [5.74, 6) is -1.74. The smallest absolute Gasteiger partial charge is 0.233 e. The van der Waals surface area contributed by atoms with Crippen LogP contribution in [0.15, 0.2) is 0 Å². The Hall–Kier alpha value is -0.250. The maximum absolute atomic E-state index is 11.5. The molecule has 0 aliphatic rings. The molecule has 2 atom stereocenters. The van der Waals surface area contributed by atoms with Gasteiger partial charge in [-0.25, -0.2) is 5.11 Å². The Balaban J connectivity index is 3.88. The van der Waals surface area contributed by atoms with Gasteiger partial charge < -0.3 is 0 Å². The zero-order valence-corrected chi connectivity index (χ0v) is 5.20. The Bertz CT molecular complexity index is 86.7. The highest BCUT2D eigenvalue weighted by Gasteiger charge is 2.39. The molecule has 0 bridgehead atoms. The largest absolute Gasteiger partial charge is 0.394 e. The van der Waals surface area contributed by atoms with Gasteiger partial charge in [0.1, 0.15) is 6.10 Å². The second kappa shape index (κ2) is 2.56. The van der Waals surface area contributed by atoms with Crippen molar-refractivity contribution in [3.63, 3.8) is 0 Å². The van der Waals surface area contributed by atoms with Crippen LogP contribution >= 0.6 is 0 Å². The summed E-state index contributed by atoms with van der Waals surface area (Å²) >= 11 is 0. The lowest BCUT2D eigenvalue weighted by Crippen LogP contribution is -2.28. The quantitative estimate of drug-likeness (QED) is 0.532. The molecule has 4 heteroatoms. The molecule has 0 aliphatic heterocycles. The molecule has 0 N–H and O–H groups in total. The van der Waals surface area contributed by atoms with E-state index in [-0.39, 0.29) is 0 Å². The zero-order valence-electron chi connectivity index (χ0n) is 5.20. The van der Waals surface area contributed by atoms with Crippen LogP contribution in [0.3, 0.4) is 0 Å². The average molecular weight is 141 g/mol. The van der Waals surface area contributed by atoms with E-state index < -0.39 is 18.2 Å². The van der Waals surface area contributed by atoms with Crippen LogP contribution in [-0.4, -0.2) is 12.3 Å². The lowest BCUT2D eigenvalue weighted by molar-refractivity contribution is -0.198. The van der Waals surface area contributed by atoms with E-state index in [1.165, 1.54) is 0 Å². The van der Waals surface area contributed by atoms with Crippen molar-refractivity contribution in [3.05, 3.63) is 0 Å². The highest BCUT2D eigenvalue weighted by molar-refractivity contribution is 4.66. The van der Waals surface area contributed by atoms with Crippen LogP contribution in [0.2, 0.25) is 0 Å². The van der Waals surface area contributed by atoms with E-state index in [1.54, 1.807) is 0 Å². The van der Waals surface area contributed by atoms with E-state index in [2.05, 4.69) is 0 Å². The van der Waals surface area contributed by atoms with Crippen LogP contribution in [0.5, 0.6) is 0 Å². The average Bonchev–Trinajstić information content (AvgIpc) is 1.62. The summed E-state index contributed by atoms with van der Waals surface area (Å²) in [6, 6.07) is 0. The van der Waals surface area contributed by atoms with Gasteiger partial charge >= 0.3 is 6.18 Å². The van der Waals surface area contributed by atoms with Gasteiger partial charge in [0.05, 0.1) is 5.92 Å². The van der Waals surface area contributed by atoms with Crippen LogP contribution in [0, 0.1) is 5.92 Å². The molecule has 1 nitrogen and oxygen atoms in total. The second-order valence-electron chi connectivity index (χ2n) is 2.04. The predicted molar refractivity (Wildman–Crippen MR) is 25.4 cm³/mol. The summed E-state index contributed by atoms with van der Waals surface area (Å²) in [6.45, 7) is 1.90. The van der Waals surface area contributed by atoms with Crippen molar-refractivity contribution in [2.75, 3.05) is 0 Å². The van der Waals surface area contributed by atoms with E-state index in [1.807, 2.05) is 0 Å². The first-order valence-corrected chi connectivity index (χ1v) is 2.58. The van der Waals surface area contributed by atoms with Crippen molar-refractivity contribution in [1.82, 2.24) is 0 Å². The van der Waals surface area contributed by atoms with E-state index in [9.17, 15) is 18.3 Å². The number of hydrogen-bond donors (Lipinski definition) is 0. The van der Waals surface area contributed by atoms with Crippen molar-refractivity contribution in [2.24, 2.45) is 5.92 Å². The molecule has 9 heavy (non-hydrogen) atoms. The van der Waals surface area contributed by atoms with Gasteiger partial charge in [0, 0.05) is 0 Å². The first-order chi connectivity index (χ1) is 3.85. The molecule has 1 radical (unpaired) electrons. The maximum atomic E-state index is 11.5. The molecule has 0 heterocycles. The molecule has 0 aromatic heterocycles. The van der Waals surface area contributed by atoms with Crippen molar-refractivity contribution < 1.29 is 18.3 Å². The van der Waals surface area contributed by atoms with Crippen LogP contribution < -0.4 is 0 Å². The first kappa shape index (κ1) is 8.75. The number of hydrogen-bond acceptors (Lipinski definition) is 0. The van der Waals surface area contributed by atoms with Crippen LogP contribution in [0.1, 0.15) is 13.8 Å². The van der Waals surface area contributed by atoms with Crippen LogP contribution in [0.25, 0.3) is 0 Å². The van der Waals surface area contributed by atoms with Gasteiger partial charge in [-0.05, 0) is 6.92 Å². The summed E-state index contributed by atoms with van der Waals surface area (Å²) in [7, 11) is 0. The molecule has 55 valence electrons. The zero-order chi connectivity index (χ0) is 7.65. The van der Waals surface area contributed by atoms with E-state index in [0.29, 0.717) is 0 Å². The highest BCUT2D eigenvalue weighted by atomic mass is 19.4. The van der Waals surface area contributed by atoms with Crippen LogP contribution in [-0.2, 0) is 5.11 Å². The molecular formula is C5H8F3O. The Morgan fingerprint density at radius 1 is 1.22 bits per heavy atom. The number of alkyl halides is 3. The molecule has 0 aromatic carbocycles. The van der Waals surface area contributed by atoms with Crippen molar-refractivity contribution in [2.45, 2.75) is 26.1 Å². The van der Waals surface area contributed by atoms with Gasteiger partial charge in [-0.3, -0.25) is 0 Å². The molecule has 0 aliphatic carbocycles. The Morgan fingerprint density at radius 2 is 1.56 bits per heavy atom. The minimum absolute atomic E-state index is 0.887. The topological polar surface area (TPSA) is 19.9 Å². The van der Waals surface area contributed by atoms with Gasteiger partial charge in [0.2, 0.25) is 0 Å². The first-order valence-electron chi connectivity index (χ1n) is 2.58. The fourth-order valence-electron chi connectivity index (χ4n) is 0.266.